The Morgan fingerprint density at radius 2 is 2.50 bits per heavy atom. The highest BCUT2D eigenvalue weighted by atomic mass is 16.5. The molecule has 2 heterocycles. The highest BCUT2D eigenvalue weighted by Crippen LogP contribution is 2.29. The van der Waals surface area contributed by atoms with E-state index in [-0.39, 0.29) is 12.1 Å². The molecule has 0 spiro atoms. The molecule has 4 heteroatoms. The molecule has 0 aromatic heterocycles. The summed E-state index contributed by atoms with van der Waals surface area (Å²) in [4.78, 5) is 12.7. The second-order valence-corrected chi connectivity index (χ2v) is 3.56. The summed E-state index contributed by atoms with van der Waals surface area (Å²) in [6, 6.07) is -0.00926. The number of likely N-dealkylation sites (tertiary alicyclic amines) is 1. The molecule has 3 unspecified atom stereocenters. The summed E-state index contributed by atoms with van der Waals surface area (Å²) in [6.45, 7) is 3.24. The van der Waals surface area contributed by atoms with Crippen LogP contribution in [0.5, 0.6) is 0 Å². The Kier molecular flexibility index (Phi) is 1.81. The van der Waals surface area contributed by atoms with E-state index in [1.165, 1.54) is 0 Å². The maximum atomic E-state index is 10.7. The van der Waals surface area contributed by atoms with E-state index in [1.54, 1.807) is 6.92 Å². The van der Waals surface area contributed by atoms with Gasteiger partial charge in [-0.1, -0.05) is 0 Å². The summed E-state index contributed by atoms with van der Waals surface area (Å²) >= 11 is 0. The lowest BCUT2D eigenvalue weighted by Gasteiger charge is -2.29. The van der Waals surface area contributed by atoms with E-state index in [1.807, 2.05) is 4.90 Å². The highest BCUT2D eigenvalue weighted by Gasteiger charge is 2.42. The molecule has 0 saturated carbocycles. The Morgan fingerprint density at radius 1 is 1.75 bits per heavy atom. The molecule has 4 nitrogen and oxygen atoms in total. The van der Waals surface area contributed by atoms with Crippen molar-refractivity contribution in [3.05, 3.63) is 0 Å². The van der Waals surface area contributed by atoms with Gasteiger partial charge in [0.1, 0.15) is 6.04 Å². The van der Waals surface area contributed by atoms with Gasteiger partial charge in [0.2, 0.25) is 0 Å². The van der Waals surface area contributed by atoms with Crippen molar-refractivity contribution >= 4 is 5.97 Å². The van der Waals surface area contributed by atoms with Crippen LogP contribution < -0.4 is 0 Å². The number of carboxylic acids is 1. The van der Waals surface area contributed by atoms with Crippen LogP contribution in [0.15, 0.2) is 0 Å². The minimum Gasteiger partial charge on any atom is -0.480 e. The average Bonchev–Trinajstić information content (AvgIpc) is 2.62. The Balaban J connectivity index is 2.02. The number of rotatable bonds is 2. The lowest BCUT2D eigenvalue weighted by molar-refractivity contribution is -0.144. The molecule has 0 aromatic rings. The van der Waals surface area contributed by atoms with Gasteiger partial charge in [0.25, 0.3) is 0 Å². The van der Waals surface area contributed by atoms with E-state index < -0.39 is 5.97 Å². The second kappa shape index (κ2) is 2.71. The zero-order valence-corrected chi connectivity index (χ0v) is 7.06. The predicted octanol–water partition coefficient (Wildman–Crippen LogP) is -0.0674. The van der Waals surface area contributed by atoms with E-state index in [4.69, 9.17) is 9.84 Å². The molecule has 2 aliphatic rings. The number of hydrogen-bond donors (Lipinski definition) is 1. The molecule has 2 fully saturated rings. The first-order valence-corrected chi connectivity index (χ1v) is 4.28. The molecule has 1 N–H and O–H groups in total. The smallest absolute Gasteiger partial charge is 0.320 e. The Bertz CT molecular complexity index is 206. The highest BCUT2D eigenvalue weighted by molar-refractivity contribution is 5.73. The van der Waals surface area contributed by atoms with Crippen LogP contribution in [0.25, 0.3) is 0 Å². The van der Waals surface area contributed by atoms with Gasteiger partial charge in [-0.05, 0) is 13.3 Å². The summed E-state index contributed by atoms with van der Waals surface area (Å²) in [5.74, 6) is -0.734. The monoisotopic (exact) mass is 171 g/mol. The van der Waals surface area contributed by atoms with Crippen LogP contribution in [0.2, 0.25) is 0 Å². The number of fused-ring (bicyclic) bond motifs is 2. The van der Waals surface area contributed by atoms with Crippen molar-refractivity contribution in [3.63, 3.8) is 0 Å². The summed E-state index contributed by atoms with van der Waals surface area (Å²) in [5.41, 5.74) is 0. The summed E-state index contributed by atoms with van der Waals surface area (Å²) < 4.78 is 5.38. The number of carboxylic acid groups (broad SMARTS) is 1. The van der Waals surface area contributed by atoms with Gasteiger partial charge < -0.3 is 9.84 Å². The molecule has 2 aliphatic heterocycles. The molecule has 12 heavy (non-hydrogen) atoms. The van der Waals surface area contributed by atoms with Crippen LogP contribution in [0.4, 0.5) is 0 Å². The van der Waals surface area contributed by atoms with E-state index in [0.717, 1.165) is 13.0 Å². The zero-order valence-electron chi connectivity index (χ0n) is 7.06. The molecule has 0 amide bonds. The fourth-order valence-corrected chi connectivity index (χ4v) is 2.05. The number of carbonyl (C=O) groups is 1. The van der Waals surface area contributed by atoms with Gasteiger partial charge in [-0.25, -0.2) is 0 Å². The van der Waals surface area contributed by atoms with Gasteiger partial charge in [-0.15, -0.1) is 0 Å². The predicted molar refractivity (Wildman–Crippen MR) is 41.9 cm³/mol. The minimum absolute atomic E-state index is 0.289. The van der Waals surface area contributed by atoms with Crippen molar-refractivity contribution in [2.45, 2.75) is 31.5 Å². The molecule has 2 saturated heterocycles. The van der Waals surface area contributed by atoms with E-state index in [2.05, 4.69) is 0 Å². The van der Waals surface area contributed by atoms with Gasteiger partial charge in [-0.3, -0.25) is 9.69 Å². The quantitative estimate of drug-likeness (QED) is 0.632. The molecule has 0 aliphatic carbocycles. The molecule has 2 rings (SSSR count). The number of aliphatic carboxylic acids is 1. The first-order chi connectivity index (χ1) is 5.68. The van der Waals surface area contributed by atoms with Crippen LogP contribution in [0, 0.1) is 0 Å². The largest absolute Gasteiger partial charge is 0.480 e. The molecule has 0 aromatic carbocycles. The second-order valence-electron chi connectivity index (χ2n) is 3.56. The third-order valence-corrected chi connectivity index (χ3v) is 2.80. The topological polar surface area (TPSA) is 49.8 Å². The van der Waals surface area contributed by atoms with Crippen molar-refractivity contribution in [3.8, 4) is 0 Å². The van der Waals surface area contributed by atoms with Gasteiger partial charge in [0.05, 0.1) is 12.7 Å². The minimum atomic E-state index is -0.734. The molecule has 3 atom stereocenters. The molecular formula is C8H13NO3. The summed E-state index contributed by atoms with van der Waals surface area (Å²) in [6.07, 6.45) is 1.30. The molecule has 0 radical (unpaired) electrons. The van der Waals surface area contributed by atoms with Crippen LogP contribution >= 0.6 is 0 Å². The lowest BCUT2D eigenvalue weighted by atomic mass is 10.2. The van der Waals surface area contributed by atoms with Crippen molar-refractivity contribution < 1.29 is 14.6 Å². The van der Waals surface area contributed by atoms with Crippen LogP contribution in [0.3, 0.4) is 0 Å². The third kappa shape index (κ3) is 1.11. The number of morpholine rings is 1. The fraction of sp³-hybridized carbons (Fsp3) is 0.875. The summed E-state index contributed by atoms with van der Waals surface area (Å²) in [7, 11) is 0. The zero-order chi connectivity index (χ0) is 8.72. The van der Waals surface area contributed by atoms with Crippen molar-refractivity contribution in [1.82, 2.24) is 4.90 Å². The molecule has 2 bridgehead atoms. The SMILES string of the molecule is CC(C(=O)O)N1CC2CC1CO2. The number of nitrogens with zero attached hydrogens (tertiary/aromatic N) is 1. The Morgan fingerprint density at radius 3 is 2.92 bits per heavy atom. The van der Waals surface area contributed by atoms with Crippen LogP contribution in [-0.4, -0.2) is 47.3 Å². The van der Waals surface area contributed by atoms with Crippen molar-refractivity contribution in [2.75, 3.05) is 13.2 Å². The van der Waals surface area contributed by atoms with Gasteiger partial charge >= 0.3 is 5.97 Å². The Hall–Kier alpha value is -0.610. The Labute approximate surface area is 71.1 Å². The van der Waals surface area contributed by atoms with Crippen LogP contribution in [-0.2, 0) is 9.53 Å². The first-order valence-electron chi connectivity index (χ1n) is 4.28. The van der Waals surface area contributed by atoms with Gasteiger partial charge in [0.15, 0.2) is 0 Å². The third-order valence-electron chi connectivity index (χ3n) is 2.80. The van der Waals surface area contributed by atoms with Gasteiger partial charge in [0, 0.05) is 12.6 Å². The lowest BCUT2D eigenvalue weighted by Crippen LogP contribution is -2.46. The van der Waals surface area contributed by atoms with Crippen molar-refractivity contribution in [2.24, 2.45) is 0 Å². The first kappa shape index (κ1) is 8.01. The van der Waals surface area contributed by atoms with Crippen molar-refractivity contribution in [1.29, 1.82) is 0 Å². The number of ether oxygens (including phenoxy) is 1. The maximum Gasteiger partial charge on any atom is 0.320 e. The van der Waals surface area contributed by atoms with E-state index >= 15 is 0 Å². The fourth-order valence-electron chi connectivity index (χ4n) is 2.05. The summed E-state index contributed by atoms with van der Waals surface area (Å²) in [5, 5.41) is 8.79. The van der Waals surface area contributed by atoms with Crippen LogP contribution in [0.1, 0.15) is 13.3 Å². The van der Waals surface area contributed by atoms with E-state index in [9.17, 15) is 4.79 Å². The normalized spacial score (nSPS) is 37.1. The van der Waals surface area contributed by atoms with Gasteiger partial charge in [-0.2, -0.15) is 0 Å². The molecule has 68 valence electrons. The van der Waals surface area contributed by atoms with E-state index in [0.29, 0.717) is 12.6 Å². The number of hydrogen-bond acceptors (Lipinski definition) is 3. The average molecular weight is 171 g/mol. The standard InChI is InChI=1S/C8H13NO3/c1-5(8(10)11)9-3-7-2-6(9)4-12-7/h5-7H,2-4H2,1H3,(H,10,11). The molecular weight excluding hydrogens is 158 g/mol. The maximum absolute atomic E-state index is 10.7.